The van der Waals surface area contributed by atoms with Crippen molar-refractivity contribution in [2.45, 2.75) is 63.6 Å². The molecule has 0 aromatic carbocycles. The maximum atomic E-state index is 12.2. The predicted octanol–water partition coefficient (Wildman–Crippen LogP) is 3.84. The van der Waals surface area contributed by atoms with Gasteiger partial charge in [-0.25, -0.2) is 9.78 Å². The number of carbonyl (C=O) groups excluding carboxylic acids is 1. The van der Waals surface area contributed by atoms with Crippen LogP contribution in [0.15, 0.2) is 16.9 Å². The van der Waals surface area contributed by atoms with Crippen LogP contribution >= 0.6 is 15.9 Å². The van der Waals surface area contributed by atoms with Crippen molar-refractivity contribution in [3.05, 3.63) is 22.6 Å². The summed E-state index contributed by atoms with van der Waals surface area (Å²) in [5.41, 5.74) is 1.89. The normalized spacial score (nSPS) is 24.8. The van der Waals surface area contributed by atoms with Crippen LogP contribution in [0.3, 0.4) is 0 Å². The zero-order valence-electron chi connectivity index (χ0n) is 20.9. The molecule has 3 saturated heterocycles. The van der Waals surface area contributed by atoms with Gasteiger partial charge in [-0.15, -0.1) is 0 Å². The molecule has 2 aromatic heterocycles. The number of carbonyl (C=O) groups is 1. The molecule has 190 valence electrons. The molecule has 2 N–H and O–H groups in total. The minimum Gasteiger partial charge on any atom is -0.369 e. The van der Waals surface area contributed by atoms with Crippen molar-refractivity contribution < 1.29 is 4.79 Å². The minimum absolute atomic E-state index is 0.120. The fraction of sp³-hybridized carbons (Fsp3) is 0.667. The molecule has 2 unspecified atom stereocenters. The van der Waals surface area contributed by atoms with Crippen LogP contribution in [0.2, 0.25) is 0 Å². The molecule has 2 atom stereocenters. The monoisotopic (exact) mass is 545 g/mol. The molecule has 3 aliphatic heterocycles. The van der Waals surface area contributed by atoms with E-state index in [2.05, 4.69) is 59.4 Å². The number of aryl methyl sites for hydroxylation is 1. The second-order valence-electron chi connectivity index (χ2n) is 10.1. The van der Waals surface area contributed by atoms with Crippen molar-refractivity contribution in [3.63, 3.8) is 0 Å². The summed E-state index contributed by atoms with van der Waals surface area (Å²) >= 11 is 3.55. The van der Waals surface area contributed by atoms with Crippen molar-refractivity contribution in [3.8, 4) is 0 Å². The van der Waals surface area contributed by atoms with E-state index in [1.54, 1.807) is 11.1 Å². The van der Waals surface area contributed by atoms with Crippen molar-refractivity contribution in [2.24, 2.45) is 0 Å². The Labute approximate surface area is 215 Å². The number of anilines is 3. The van der Waals surface area contributed by atoms with Crippen molar-refractivity contribution >= 4 is 39.4 Å². The molecule has 0 spiro atoms. The Morgan fingerprint density at radius 2 is 1.91 bits per heavy atom. The number of fused-ring (bicyclic) bond motifs is 2. The van der Waals surface area contributed by atoms with Crippen LogP contribution in [0, 0.1) is 6.92 Å². The fourth-order valence-electron chi connectivity index (χ4n) is 5.68. The number of nitrogens with zero attached hydrogens (tertiary/aromatic N) is 7. The van der Waals surface area contributed by atoms with Crippen LogP contribution in [0.5, 0.6) is 0 Å². The maximum absolute atomic E-state index is 12.2. The van der Waals surface area contributed by atoms with E-state index in [1.165, 1.54) is 12.8 Å². The Balaban J connectivity index is 1.17. The van der Waals surface area contributed by atoms with Gasteiger partial charge in [-0.1, -0.05) is 0 Å². The lowest BCUT2D eigenvalue weighted by molar-refractivity contribution is 0.131. The summed E-state index contributed by atoms with van der Waals surface area (Å²) in [6, 6.07) is 1.93. The lowest BCUT2D eigenvalue weighted by Gasteiger charge is -2.36. The lowest BCUT2D eigenvalue weighted by Crippen LogP contribution is -2.47. The van der Waals surface area contributed by atoms with E-state index in [0.717, 1.165) is 73.5 Å². The first-order valence-corrected chi connectivity index (χ1v) is 13.5. The number of hydrogen-bond acceptors (Lipinski definition) is 7. The molecule has 10 nitrogen and oxygen atoms in total. The van der Waals surface area contributed by atoms with Crippen LogP contribution in [0.25, 0.3) is 0 Å². The first-order chi connectivity index (χ1) is 16.9. The van der Waals surface area contributed by atoms with Crippen molar-refractivity contribution in [2.75, 3.05) is 50.9 Å². The van der Waals surface area contributed by atoms with E-state index in [4.69, 9.17) is 5.10 Å². The lowest BCUT2D eigenvalue weighted by atomic mass is 9.98. The van der Waals surface area contributed by atoms with Gasteiger partial charge in [0.05, 0.1) is 21.9 Å². The number of nitrogens with one attached hydrogen (secondary N) is 2. The molecule has 5 heterocycles. The molecule has 3 aliphatic rings. The van der Waals surface area contributed by atoms with E-state index in [1.807, 2.05) is 18.9 Å². The zero-order chi connectivity index (χ0) is 24.5. The van der Waals surface area contributed by atoms with Gasteiger partial charge >= 0.3 is 6.03 Å². The Bertz CT molecular complexity index is 1050. The van der Waals surface area contributed by atoms with Crippen molar-refractivity contribution in [1.82, 2.24) is 34.4 Å². The molecule has 0 radical (unpaired) electrons. The Hall–Kier alpha value is -2.40. The van der Waals surface area contributed by atoms with Gasteiger partial charge in [-0.3, -0.25) is 4.68 Å². The summed E-state index contributed by atoms with van der Waals surface area (Å²) in [5.74, 6) is 1.27. The molecular formula is C24H36BrN9O. The van der Waals surface area contributed by atoms with Gasteiger partial charge in [0.25, 0.3) is 0 Å². The first kappa shape index (κ1) is 24.3. The number of hydrogen-bond donors (Lipinski definition) is 2. The number of urea groups is 1. The molecule has 0 saturated carbocycles. The molecule has 3 fully saturated rings. The Morgan fingerprint density at radius 1 is 1.14 bits per heavy atom. The number of amides is 2. The molecule has 2 amide bonds. The Morgan fingerprint density at radius 3 is 2.69 bits per heavy atom. The minimum atomic E-state index is 0.120. The van der Waals surface area contributed by atoms with Gasteiger partial charge in [0, 0.05) is 57.7 Å². The number of rotatable bonds is 8. The molecule has 11 heteroatoms. The molecule has 0 aliphatic carbocycles. The van der Waals surface area contributed by atoms with Crippen LogP contribution in [0.1, 0.15) is 50.3 Å². The molecule has 5 rings (SSSR count). The van der Waals surface area contributed by atoms with Gasteiger partial charge in [0.15, 0.2) is 0 Å². The first-order valence-electron chi connectivity index (χ1n) is 12.7. The second kappa shape index (κ2) is 10.3. The highest BCUT2D eigenvalue weighted by Crippen LogP contribution is 2.40. The average Bonchev–Trinajstić information content (AvgIpc) is 3.27. The van der Waals surface area contributed by atoms with E-state index in [0.29, 0.717) is 24.1 Å². The topological polar surface area (TPSA) is 94.5 Å². The molecule has 2 aromatic rings. The van der Waals surface area contributed by atoms with E-state index in [9.17, 15) is 4.79 Å². The summed E-state index contributed by atoms with van der Waals surface area (Å²) in [6.07, 6.45) is 10.7. The number of piperidine rings is 1. The van der Waals surface area contributed by atoms with Gasteiger partial charge in [0.2, 0.25) is 5.95 Å². The van der Waals surface area contributed by atoms with Crippen molar-refractivity contribution in [1.29, 1.82) is 0 Å². The predicted molar refractivity (Wildman–Crippen MR) is 140 cm³/mol. The third kappa shape index (κ3) is 5.25. The van der Waals surface area contributed by atoms with Crippen LogP contribution < -0.4 is 10.6 Å². The standard InChI is InChI=1S/C24H36BrN9O/c1-16-21(15-34(30-16)19-12-17-6-7-18(13-19)32(17)3)28-23-27-14-20(25)22(29-23)26-8-4-10-33-11-5-9-31(2)24(33)35/h14-15,17-19H,4-13H2,1-3H3,(H2,26,27,28,29). The van der Waals surface area contributed by atoms with Crippen LogP contribution in [0.4, 0.5) is 22.2 Å². The summed E-state index contributed by atoms with van der Waals surface area (Å²) < 4.78 is 2.96. The SMILES string of the molecule is Cc1nn(C2CC3CCC(C2)N3C)cc1Nc1ncc(Br)c(NCCCN2CCCN(C)C2=O)n1. The summed E-state index contributed by atoms with van der Waals surface area (Å²) in [7, 11) is 4.13. The largest absolute Gasteiger partial charge is 0.369 e. The van der Waals surface area contributed by atoms with Gasteiger partial charge in [-0.05, 0) is 68.4 Å². The third-order valence-electron chi connectivity index (χ3n) is 7.77. The van der Waals surface area contributed by atoms with Crippen LogP contribution in [-0.4, -0.2) is 92.8 Å². The second-order valence-corrected chi connectivity index (χ2v) is 11.0. The molecule has 2 bridgehead atoms. The van der Waals surface area contributed by atoms with E-state index >= 15 is 0 Å². The molecule has 35 heavy (non-hydrogen) atoms. The van der Waals surface area contributed by atoms with E-state index in [-0.39, 0.29) is 6.03 Å². The average molecular weight is 547 g/mol. The summed E-state index contributed by atoms with van der Waals surface area (Å²) in [4.78, 5) is 27.6. The zero-order valence-corrected chi connectivity index (χ0v) is 22.5. The van der Waals surface area contributed by atoms with Crippen LogP contribution in [-0.2, 0) is 0 Å². The van der Waals surface area contributed by atoms with Gasteiger partial charge < -0.3 is 25.3 Å². The highest BCUT2D eigenvalue weighted by molar-refractivity contribution is 9.10. The van der Waals surface area contributed by atoms with Gasteiger partial charge in [-0.2, -0.15) is 10.1 Å². The van der Waals surface area contributed by atoms with Gasteiger partial charge in [0.1, 0.15) is 5.82 Å². The van der Waals surface area contributed by atoms with E-state index < -0.39 is 0 Å². The highest BCUT2D eigenvalue weighted by Gasteiger charge is 2.39. The fourth-order valence-corrected chi connectivity index (χ4v) is 6.01. The molecular weight excluding hydrogens is 510 g/mol. The quantitative estimate of drug-likeness (QED) is 0.486. The smallest absolute Gasteiger partial charge is 0.319 e. The highest BCUT2D eigenvalue weighted by atomic mass is 79.9. The summed E-state index contributed by atoms with van der Waals surface area (Å²) in [5, 5.41) is 11.6. The Kier molecular flexibility index (Phi) is 7.15. The maximum Gasteiger partial charge on any atom is 0.319 e. The number of aromatic nitrogens is 4. The third-order valence-corrected chi connectivity index (χ3v) is 8.35. The number of halogens is 1. The summed E-state index contributed by atoms with van der Waals surface area (Å²) in [6.45, 7) is 5.16.